The number of benzene rings is 1. The summed E-state index contributed by atoms with van der Waals surface area (Å²) in [6.45, 7) is 4.46. The number of hydrogen-bond donors (Lipinski definition) is 0. The Morgan fingerprint density at radius 1 is 1.12 bits per heavy atom. The van der Waals surface area contributed by atoms with Gasteiger partial charge >= 0.3 is 0 Å². The van der Waals surface area contributed by atoms with Gasteiger partial charge in [0.1, 0.15) is 5.82 Å². The predicted octanol–water partition coefficient (Wildman–Crippen LogP) is 4.97. The molecule has 90 valence electrons. The maximum Gasteiger partial charge on any atom is 0.123 e. The highest BCUT2D eigenvalue weighted by Gasteiger charge is 2.10. The molecule has 0 bridgehead atoms. The molecule has 0 fully saturated rings. The first-order valence-electron chi connectivity index (χ1n) is 5.95. The lowest BCUT2D eigenvalue weighted by Gasteiger charge is -2.14. The third kappa shape index (κ3) is 4.52. The van der Waals surface area contributed by atoms with Crippen molar-refractivity contribution in [2.24, 2.45) is 5.92 Å². The molecule has 1 atom stereocenters. The summed E-state index contributed by atoms with van der Waals surface area (Å²) in [4.78, 5) is 0. The van der Waals surface area contributed by atoms with E-state index in [0.29, 0.717) is 11.8 Å². The summed E-state index contributed by atoms with van der Waals surface area (Å²) in [5.74, 6) is 1.54. The van der Waals surface area contributed by atoms with Gasteiger partial charge in [0.15, 0.2) is 0 Å². The highest BCUT2D eigenvalue weighted by molar-refractivity contribution is 6.18. The molecule has 1 aromatic carbocycles. The molecular formula is C14H20ClF. The van der Waals surface area contributed by atoms with Gasteiger partial charge in [0.05, 0.1) is 0 Å². The first kappa shape index (κ1) is 13.5. The maximum absolute atomic E-state index is 12.8. The van der Waals surface area contributed by atoms with Crippen molar-refractivity contribution in [3.63, 3.8) is 0 Å². The largest absolute Gasteiger partial charge is 0.207 e. The molecule has 0 aromatic heterocycles. The van der Waals surface area contributed by atoms with Gasteiger partial charge in [-0.1, -0.05) is 38.8 Å². The van der Waals surface area contributed by atoms with Crippen molar-refractivity contribution in [3.8, 4) is 0 Å². The Bertz CT molecular complexity index is 292. The summed E-state index contributed by atoms with van der Waals surface area (Å²) in [6.07, 6.45) is 3.51. The van der Waals surface area contributed by atoms with Gasteiger partial charge in [-0.25, -0.2) is 4.39 Å². The van der Waals surface area contributed by atoms with Crippen LogP contribution in [0.25, 0.3) is 0 Å². The van der Waals surface area contributed by atoms with Gasteiger partial charge in [-0.05, 0) is 36.0 Å². The standard InChI is InChI=1S/C14H20ClF/c1-11(2)4-3-5-13(10-15)12-6-8-14(16)9-7-12/h6-9,11,13H,3-5,10H2,1-2H3. The van der Waals surface area contributed by atoms with Crippen molar-refractivity contribution in [1.29, 1.82) is 0 Å². The second kappa shape index (κ2) is 6.90. The van der Waals surface area contributed by atoms with Gasteiger partial charge in [0, 0.05) is 5.88 Å². The van der Waals surface area contributed by atoms with E-state index < -0.39 is 0 Å². The molecule has 0 radical (unpaired) electrons. The molecule has 1 rings (SSSR count). The molecule has 1 aromatic rings. The predicted molar refractivity (Wildman–Crippen MR) is 68.6 cm³/mol. The lowest BCUT2D eigenvalue weighted by atomic mass is 9.93. The van der Waals surface area contributed by atoms with E-state index in [0.717, 1.165) is 17.9 Å². The summed E-state index contributed by atoms with van der Waals surface area (Å²) in [6, 6.07) is 6.71. The topological polar surface area (TPSA) is 0 Å². The van der Waals surface area contributed by atoms with Crippen molar-refractivity contribution in [2.75, 3.05) is 5.88 Å². The molecule has 0 saturated heterocycles. The molecule has 2 heteroatoms. The number of rotatable bonds is 6. The van der Waals surface area contributed by atoms with Gasteiger partial charge in [-0.3, -0.25) is 0 Å². The molecule has 0 spiro atoms. The van der Waals surface area contributed by atoms with Crippen LogP contribution < -0.4 is 0 Å². The van der Waals surface area contributed by atoms with Gasteiger partial charge in [0.2, 0.25) is 0 Å². The zero-order valence-electron chi connectivity index (χ0n) is 10.0. The van der Waals surface area contributed by atoms with Crippen molar-refractivity contribution >= 4 is 11.6 Å². The summed E-state index contributed by atoms with van der Waals surface area (Å²) < 4.78 is 12.8. The highest BCUT2D eigenvalue weighted by atomic mass is 35.5. The lowest BCUT2D eigenvalue weighted by Crippen LogP contribution is -2.01. The van der Waals surface area contributed by atoms with Gasteiger partial charge < -0.3 is 0 Å². The third-order valence-corrected chi connectivity index (χ3v) is 3.23. The van der Waals surface area contributed by atoms with Crippen molar-refractivity contribution in [1.82, 2.24) is 0 Å². The molecule has 0 nitrogen and oxygen atoms in total. The van der Waals surface area contributed by atoms with E-state index in [-0.39, 0.29) is 5.82 Å². The van der Waals surface area contributed by atoms with E-state index in [1.165, 1.54) is 25.0 Å². The molecule has 1 unspecified atom stereocenters. The zero-order valence-corrected chi connectivity index (χ0v) is 10.8. The van der Waals surface area contributed by atoms with Gasteiger partial charge in [0.25, 0.3) is 0 Å². The van der Waals surface area contributed by atoms with Crippen LogP contribution in [-0.4, -0.2) is 5.88 Å². The minimum absolute atomic E-state index is 0.181. The Labute approximate surface area is 103 Å². The third-order valence-electron chi connectivity index (χ3n) is 2.86. The first-order valence-corrected chi connectivity index (χ1v) is 6.48. The van der Waals surface area contributed by atoms with Crippen LogP contribution in [-0.2, 0) is 0 Å². The summed E-state index contributed by atoms with van der Waals surface area (Å²) in [7, 11) is 0. The van der Waals surface area contributed by atoms with E-state index >= 15 is 0 Å². The van der Waals surface area contributed by atoms with Crippen LogP contribution in [0.4, 0.5) is 4.39 Å². The van der Waals surface area contributed by atoms with Crippen molar-refractivity contribution in [2.45, 2.75) is 39.0 Å². The number of hydrogen-bond acceptors (Lipinski definition) is 0. The first-order chi connectivity index (χ1) is 7.63. The van der Waals surface area contributed by atoms with Gasteiger partial charge in [-0.15, -0.1) is 11.6 Å². The van der Waals surface area contributed by atoms with Crippen LogP contribution >= 0.6 is 11.6 Å². The molecule has 0 aliphatic rings. The minimum Gasteiger partial charge on any atom is -0.207 e. The zero-order chi connectivity index (χ0) is 12.0. The second-order valence-electron chi connectivity index (χ2n) is 4.73. The van der Waals surface area contributed by atoms with E-state index in [1.807, 2.05) is 12.1 Å². The van der Waals surface area contributed by atoms with Crippen LogP contribution in [0, 0.1) is 11.7 Å². The smallest absolute Gasteiger partial charge is 0.123 e. The molecule has 0 saturated carbocycles. The van der Waals surface area contributed by atoms with Crippen LogP contribution in [0.3, 0.4) is 0 Å². The summed E-state index contributed by atoms with van der Waals surface area (Å²) in [5, 5.41) is 0. The normalized spacial score (nSPS) is 13.1. The fourth-order valence-corrected chi connectivity index (χ4v) is 2.17. The fraction of sp³-hybridized carbons (Fsp3) is 0.571. The van der Waals surface area contributed by atoms with Crippen LogP contribution in [0.1, 0.15) is 44.6 Å². The van der Waals surface area contributed by atoms with E-state index in [4.69, 9.17) is 11.6 Å². The second-order valence-corrected chi connectivity index (χ2v) is 5.04. The van der Waals surface area contributed by atoms with E-state index in [9.17, 15) is 4.39 Å². The minimum atomic E-state index is -0.181. The summed E-state index contributed by atoms with van der Waals surface area (Å²) >= 11 is 5.96. The van der Waals surface area contributed by atoms with Crippen LogP contribution in [0.15, 0.2) is 24.3 Å². The maximum atomic E-state index is 12.8. The highest BCUT2D eigenvalue weighted by Crippen LogP contribution is 2.24. The number of alkyl halides is 1. The van der Waals surface area contributed by atoms with Crippen LogP contribution in [0.2, 0.25) is 0 Å². The molecule has 0 N–H and O–H groups in total. The SMILES string of the molecule is CC(C)CCCC(CCl)c1ccc(F)cc1. The average Bonchev–Trinajstić information content (AvgIpc) is 2.26. The Morgan fingerprint density at radius 3 is 2.25 bits per heavy atom. The molecular weight excluding hydrogens is 223 g/mol. The van der Waals surface area contributed by atoms with Crippen molar-refractivity contribution in [3.05, 3.63) is 35.6 Å². The number of halogens is 2. The van der Waals surface area contributed by atoms with E-state index in [1.54, 1.807) is 0 Å². The van der Waals surface area contributed by atoms with Crippen LogP contribution in [0.5, 0.6) is 0 Å². The Morgan fingerprint density at radius 2 is 1.75 bits per heavy atom. The van der Waals surface area contributed by atoms with Gasteiger partial charge in [-0.2, -0.15) is 0 Å². The average molecular weight is 243 g/mol. The molecule has 0 amide bonds. The molecule has 16 heavy (non-hydrogen) atoms. The molecule has 0 aliphatic carbocycles. The fourth-order valence-electron chi connectivity index (χ4n) is 1.84. The molecule has 0 heterocycles. The summed E-state index contributed by atoms with van der Waals surface area (Å²) in [5.41, 5.74) is 1.15. The Balaban J connectivity index is 2.50. The lowest BCUT2D eigenvalue weighted by molar-refractivity contribution is 0.513. The Hall–Kier alpha value is -0.560. The van der Waals surface area contributed by atoms with E-state index in [2.05, 4.69) is 13.8 Å². The Kier molecular flexibility index (Phi) is 5.83. The molecule has 0 aliphatic heterocycles. The quantitative estimate of drug-likeness (QED) is 0.618. The monoisotopic (exact) mass is 242 g/mol. The van der Waals surface area contributed by atoms with Crippen molar-refractivity contribution < 1.29 is 4.39 Å².